The van der Waals surface area contributed by atoms with Gasteiger partial charge in [-0.3, -0.25) is 19.7 Å². The first-order valence-corrected chi connectivity index (χ1v) is 8.34. The molecule has 0 radical (unpaired) electrons. The van der Waals surface area contributed by atoms with Gasteiger partial charge >= 0.3 is 5.97 Å². The quantitative estimate of drug-likeness (QED) is 0.197. The first kappa shape index (κ1) is 21.3. The molecule has 1 amide bonds. The molecule has 0 fully saturated rings. The summed E-state index contributed by atoms with van der Waals surface area (Å²) in [5.41, 5.74) is 0.662. The molecule has 1 aromatic rings. The van der Waals surface area contributed by atoms with Gasteiger partial charge in [0, 0.05) is 45.0 Å². The van der Waals surface area contributed by atoms with E-state index in [2.05, 4.69) is 0 Å². The Kier molecular flexibility index (Phi) is 9.63. The van der Waals surface area contributed by atoms with Crippen molar-refractivity contribution in [2.45, 2.75) is 19.8 Å². The van der Waals surface area contributed by atoms with Gasteiger partial charge in [0.25, 0.3) is 5.69 Å². The second-order valence-electron chi connectivity index (χ2n) is 5.41. The number of nitro benzene ring substituents is 1. The van der Waals surface area contributed by atoms with Crippen LogP contribution in [0.3, 0.4) is 0 Å². The Labute approximate surface area is 152 Å². The molecular weight excluding hydrogens is 340 g/mol. The van der Waals surface area contributed by atoms with Gasteiger partial charge in [0.15, 0.2) is 0 Å². The van der Waals surface area contributed by atoms with Crippen LogP contribution in [0.1, 0.15) is 25.3 Å². The lowest BCUT2D eigenvalue weighted by Crippen LogP contribution is -2.33. The summed E-state index contributed by atoms with van der Waals surface area (Å²) in [4.78, 5) is 35.6. The number of carbonyl (C=O) groups is 2. The van der Waals surface area contributed by atoms with Crippen LogP contribution in [0.2, 0.25) is 0 Å². The number of hydrogen-bond acceptors (Lipinski definition) is 6. The van der Waals surface area contributed by atoms with Gasteiger partial charge in [-0.2, -0.15) is 0 Å². The lowest BCUT2D eigenvalue weighted by molar-refractivity contribution is -0.384. The van der Waals surface area contributed by atoms with Gasteiger partial charge in [-0.1, -0.05) is 0 Å². The maximum atomic E-state index is 12.4. The van der Waals surface area contributed by atoms with E-state index in [1.807, 2.05) is 0 Å². The predicted octanol–water partition coefficient (Wildman–Crippen LogP) is 2.43. The van der Waals surface area contributed by atoms with Gasteiger partial charge in [-0.05, 0) is 37.1 Å². The maximum Gasteiger partial charge on any atom is 0.307 e. The third kappa shape index (κ3) is 7.89. The molecule has 0 saturated carbocycles. The highest BCUT2D eigenvalue weighted by Gasteiger charge is 2.13. The molecule has 8 heteroatoms. The number of non-ortho nitro benzene ring substituents is 1. The van der Waals surface area contributed by atoms with Gasteiger partial charge in [-0.25, -0.2) is 0 Å². The van der Waals surface area contributed by atoms with E-state index in [1.54, 1.807) is 37.1 Å². The number of nitro groups is 1. The fourth-order valence-electron chi connectivity index (χ4n) is 2.17. The van der Waals surface area contributed by atoms with E-state index < -0.39 is 4.92 Å². The molecule has 1 aromatic carbocycles. The number of benzene rings is 1. The maximum absolute atomic E-state index is 12.4. The summed E-state index contributed by atoms with van der Waals surface area (Å²) in [5, 5.41) is 10.6. The minimum Gasteiger partial charge on any atom is -0.466 e. The van der Waals surface area contributed by atoms with Crippen LogP contribution in [0.5, 0.6) is 0 Å². The highest BCUT2D eigenvalue weighted by atomic mass is 16.6. The van der Waals surface area contributed by atoms with Gasteiger partial charge in [0.05, 0.1) is 18.0 Å². The van der Waals surface area contributed by atoms with E-state index in [9.17, 15) is 19.7 Å². The fourth-order valence-corrected chi connectivity index (χ4v) is 2.17. The monoisotopic (exact) mass is 364 g/mol. The topological polar surface area (TPSA) is 99.0 Å². The Morgan fingerprint density at radius 2 is 1.92 bits per heavy atom. The molecule has 142 valence electrons. The smallest absolute Gasteiger partial charge is 0.307 e. The van der Waals surface area contributed by atoms with Crippen LogP contribution in [0, 0.1) is 10.1 Å². The summed E-state index contributed by atoms with van der Waals surface area (Å²) in [5.74, 6) is -0.597. The van der Waals surface area contributed by atoms with Crippen molar-refractivity contribution in [3.05, 3.63) is 46.0 Å². The molecule has 0 heterocycles. The van der Waals surface area contributed by atoms with Crippen LogP contribution in [0.4, 0.5) is 5.69 Å². The van der Waals surface area contributed by atoms with Crippen molar-refractivity contribution < 1.29 is 24.0 Å². The predicted molar refractivity (Wildman–Crippen MR) is 96.5 cm³/mol. The number of methoxy groups -OCH3 is 1. The number of ether oxygens (including phenoxy) is 2. The van der Waals surface area contributed by atoms with Gasteiger partial charge in [0.1, 0.15) is 0 Å². The number of nitrogens with zero attached hydrogens (tertiary/aromatic N) is 2. The molecule has 0 aliphatic rings. The highest BCUT2D eigenvalue weighted by molar-refractivity contribution is 5.92. The number of esters is 1. The Morgan fingerprint density at radius 3 is 2.50 bits per heavy atom. The number of hydrogen-bond donors (Lipinski definition) is 0. The van der Waals surface area contributed by atoms with Crippen LogP contribution in [0.15, 0.2) is 30.3 Å². The van der Waals surface area contributed by atoms with Crippen molar-refractivity contribution in [3.8, 4) is 0 Å². The largest absolute Gasteiger partial charge is 0.466 e. The zero-order valence-corrected chi connectivity index (χ0v) is 15.1. The molecule has 0 aliphatic carbocycles. The Morgan fingerprint density at radius 1 is 1.23 bits per heavy atom. The normalized spacial score (nSPS) is 10.7. The van der Waals surface area contributed by atoms with E-state index in [0.717, 1.165) is 0 Å². The first-order chi connectivity index (χ1) is 12.5. The molecule has 8 nitrogen and oxygen atoms in total. The van der Waals surface area contributed by atoms with E-state index in [-0.39, 0.29) is 30.5 Å². The lowest BCUT2D eigenvalue weighted by Gasteiger charge is -2.20. The molecule has 0 bridgehead atoms. The molecule has 0 saturated heterocycles. The second-order valence-corrected chi connectivity index (χ2v) is 5.41. The zero-order chi connectivity index (χ0) is 19.4. The third-order valence-electron chi connectivity index (χ3n) is 3.50. The van der Waals surface area contributed by atoms with Crippen LogP contribution >= 0.6 is 0 Å². The average Bonchev–Trinajstić information content (AvgIpc) is 2.63. The van der Waals surface area contributed by atoms with Crippen molar-refractivity contribution >= 4 is 23.6 Å². The number of amides is 1. The van der Waals surface area contributed by atoms with Gasteiger partial charge in [0.2, 0.25) is 5.91 Å². The van der Waals surface area contributed by atoms with Crippen molar-refractivity contribution in [3.63, 3.8) is 0 Å². The summed E-state index contributed by atoms with van der Waals surface area (Å²) < 4.78 is 9.88. The summed E-state index contributed by atoms with van der Waals surface area (Å²) in [6, 6.07) is 5.88. The van der Waals surface area contributed by atoms with Crippen LogP contribution in [0.25, 0.3) is 6.08 Å². The Hall–Kier alpha value is -2.74. The molecule has 0 spiro atoms. The van der Waals surface area contributed by atoms with Crippen molar-refractivity contribution in [2.75, 3.05) is 33.4 Å². The van der Waals surface area contributed by atoms with E-state index in [4.69, 9.17) is 9.47 Å². The Bertz CT molecular complexity index is 627. The summed E-state index contributed by atoms with van der Waals surface area (Å²) in [6.45, 7) is 3.25. The Balaban J connectivity index is 2.69. The van der Waals surface area contributed by atoms with Gasteiger partial charge in [-0.15, -0.1) is 0 Å². The second kappa shape index (κ2) is 11.8. The average molecular weight is 364 g/mol. The molecule has 26 heavy (non-hydrogen) atoms. The third-order valence-corrected chi connectivity index (χ3v) is 3.50. The SMILES string of the molecule is CCOC(=O)CCN(CCCOC)C(=O)/C=C/c1ccc([N+](=O)[O-])cc1. The highest BCUT2D eigenvalue weighted by Crippen LogP contribution is 2.13. The first-order valence-electron chi connectivity index (χ1n) is 8.34. The molecule has 0 aromatic heterocycles. The zero-order valence-electron chi connectivity index (χ0n) is 15.1. The summed E-state index contributed by atoms with van der Waals surface area (Å²) in [6.07, 6.45) is 3.74. The van der Waals surface area contributed by atoms with Crippen molar-refractivity contribution in [1.82, 2.24) is 4.90 Å². The van der Waals surface area contributed by atoms with Crippen LogP contribution in [-0.2, 0) is 19.1 Å². The molecule has 0 atom stereocenters. The molecule has 0 N–H and O–H groups in total. The van der Waals surface area contributed by atoms with E-state index in [0.29, 0.717) is 31.7 Å². The van der Waals surface area contributed by atoms with Gasteiger partial charge < -0.3 is 14.4 Å². The van der Waals surface area contributed by atoms with Crippen molar-refractivity contribution in [2.24, 2.45) is 0 Å². The molecular formula is C18H24N2O6. The number of carbonyl (C=O) groups excluding carboxylic acids is 2. The van der Waals surface area contributed by atoms with E-state index in [1.165, 1.54) is 18.2 Å². The van der Waals surface area contributed by atoms with E-state index >= 15 is 0 Å². The van der Waals surface area contributed by atoms with Crippen molar-refractivity contribution in [1.29, 1.82) is 0 Å². The number of rotatable bonds is 11. The standard InChI is InChI=1S/C18H24N2O6/c1-3-26-18(22)11-13-19(12-4-14-25-2)17(21)10-7-15-5-8-16(9-6-15)20(23)24/h5-10H,3-4,11-14H2,1-2H3/b10-7+. The molecule has 1 rings (SSSR count). The van der Waals surface area contributed by atoms with Crippen LogP contribution in [-0.4, -0.2) is 55.1 Å². The molecule has 0 unspecified atom stereocenters. The molecule has 0 aliphatic heterocycles. The minimum atomic E-state index is -0.481. The summed E-state index contributed by atoms with van der Waals surface area (Å²) in [7, 11) is 1.58. The van der Waals surface area contributed by atoms with Crippen LogP contribution < -0.4 is 0 Å². The minimum absolute atomic E-state index is 0.0101. The fraction of sp³-hybridized carbons (Fsp3) is 0.444. The lowest BCUT2D eigenvalue weighted by atomic mass is 10.2. The summed E-state index contributed by atoms with van der Waals surface area (Å²) >= 11 is 0.